The molecule has 21 heavy (non-hydrogen) atoms. The monoisotopic (exact) mass is 308 g/mol. The maximum atomic E-state index is 12.0. The number of carboxylic acid groups (broad SMARTS) is 1. The molecule has 0 radical (unpaired) electrons. The number of hydrogen-bond acceptors (Lipinski definition) is 3. The van der Waals surface area contributed by atoms with Crippen LogP contribution in [0.2, 0.25) is 0 Å². The third-order valence-corrected chi connectivity index (χ3v) is 4.49. The van der Waals surface area contributed by atoms with Crippen molar-refractivity contribution in [3.8, 4) is 0 Å². The molecule has 1 aromatic rings. The van der Waals surface area contributed by atoms with Gasteiger partial charge in [0.05, 0.1) is 5.92 Å². The SMILES string of the molecule is CSc1ccc(NC(=O)NC2CCCCC2C(=O)O)cc1. The number of hydrogen-bond donors (Lipinski definition) is 3. The summed E-state index contributed by atoms with van der Waals surface area (Å²) in [4.78, 5) is 24.3. The van der Waals surface area contributed by atoms with Gasteiger partial charge in [-0.1, -0.05) is 12.8 Å². The Bertz CT molecular complexity index is 504. The summed E-state index contributed by atoms with van der Waals surface area (Å²) in [5.41, 5.74) is 0.702. The third-order valence-electron chi connectivity index (χ3n) is 3.75. The highest BCUT2D eigenvalue weighted by Gasteiger charge is 2.31. The Hall–Kier alpha value is -1.69. The van der Waals surface area contributed by atoms with Crippen LogP contribution in [0.3, 0.4) is 0 Å². The van der Waals surface area contributed by atoms with Crippen molar-refractivity contribution >= 4 is 29.4 Å². The van der Waals surface area contributed by atoms with E-state index in [2.05, 4.69) is 10.6 Å². The molecular formula is C15H20N2O3S. The summed E-state index contributed by atoms with van der Waals surface area (Å²) < 4.78 is 0. The van der Waals surface area contributed by atoms with Gasteiger partial charge in [-0.2, -0.15) is 0 Å². The fourth-order valence-electron chi connectivity index (χ4n) is 2.61. The topological polar surface area (TPSA) is 78.4 Å². The van der Waals surface area contributed by atoms with Gasteiger partial charge in [-0.15, -0.1) is 11.8 Å². The molecule has 1 aliphatic rings. The van der Waals surface area contributed by atoms with Gasteiger partial charge in [0, 0.05) is 16.6 Å². The lowest BCUT2D eigenvalue weighted by molar-refractivity contribution is -0.143. The molecule has 2 amide bonds. The number of carboxylic acids is 1. The molecule has 0 aromatic heterocycles. The number of thioether (sulfide) groups is 1. The maximum Gasteiger partial charge on any atom is 0.319 e. The lowest BCUT2D eigenvalue weighted by atomic mass is 9.84. The van der Waals surface area contributed by atoms with Crippen LogP contribution in [-0.2, 0) is 4.79 Å². The van der Waals surface area contributed by atoms with Crippen LogP contribution in [0, 0.1) is 5.92 Å². The predicted molar refractivity (Wildman–Crippen MR) is 83.8 cm³/mol. The van der Waals surface area contributed by atoms with Gasteiger partial charge in [-0.25, -0.2) is 4.79 Å². The van der Waals surface area contributed by atoms with E-state index in [4.69, 9.17) is 0 Å². The summed E-state index contributed by atoms with van der Waals surface area (Å²) in [7, 11) is 0. The maximum absolute atomic E-state index is 12.0. The average Bonchev–Trinajstić information content (AvgIpc) is 2.48. The van der Waals surface area contributed by atoms with E-state index in [1.54, 1.807) is 11.8 Å². The van der Waals surface area contributed by atoms with Crippen LogP contribution in [0.4, 0.5) is 10.5 Å². The van der Waals surface area contributed by atoms with Crippen LogP contribution >= 0.6 is 11.8 Å². The first-order valence-corrected chi connectivity index (χ1v) is 8.27. The Kier molecular flexibility index (Phi) is 5.50. The van der Waals surface area contributed by atoms with E-state index >= 15 is 0 Å². The fraction of sp³-hybridized carbons (Fsp3) is 0.467. The summed E-state index contributed by atoms with van der Waals surface area (Å²) in [5, 5.41) is 14.7. The number of rotatable bonds is 4. The summed E-state index contributed by atoms with van der Waals surface area (Å²) in [6.45, 7) is 0. The molecule has 114 valence electrons. The Morgan fingerprint density at radius 1 is 1.19 bits per heavy atom. The second-order valence-corrected chi connectivity index (χ2v) is 6.04. The lowest BCUT2D eigenvalue weighted by Gasteiger charge is -2.29. The van der Waals surface area contributed by atoms with Gasteiger partial charge in [-0.05, 0) is 43.4 Å². The van der Waals surface area contributed by atoms with E-state index in [0.717, 1.165) is 24.2 Å². The lowest BCUT2D eigenvalue weighted by Crippen LogP contribution is -2.46. The molecule has 5 nitrogen and oxygen atoms in total. The van der Waals surface area contributed by atoms with Crippen molar-refractivity contribution in [1.82, 2.24) is 5.32 Å². The van der Waals surface area contributed by atoms with E-state index in [-0.39, 0.29) is 12.1 Å². The number of urea groups is 1. The molecule has 3 N–H and O–H groups in total. The number of anilines is 1. The fourth-order valence-corrected chi connectivity index (χ4v) is 3.02. The number of aliphatic carboxylic acids is 1. The summed E-state index contributed by atoms with van der Waals surface area (Å²) in [6, 6.07) is 6.90. The molecule has 1 aromatic carbocycles. The molecule has 0 heterocycles. The molecule has 0 bridgehead atoms. The molecule has 0 saturated heterocycles. The molecule has 6 heteroatoms. The first-order chi connectivity index (χ1) is 10.1. The number of nitrogens with one attached hydrogen (secondary N) is 2. The zero-order valence-electron chi connectivity index (χ0n) is 12.0. The smallest absolute Gasteiger partial charge is 0.319 e. The highest BCUT2D eigenvalue weighted by atomic mass is 32.2. The molecule has 1 fully saturated rings. The highest BCUT2D eigenvalue weighted by molar-refractivity contribution is 7.98. The number of carbonyl (C=O) groups is 2. The molecule has 2 unspecified atom stereocenters. The van der Waals surface area contributed by atoms with Crippen LogP contribution in [0.5, 0.6) is 0 Å². The van der Waals surface area contributed by atoms with Gasteiger partial charge in [0.15, 0.2) is 0 Å². The first-order valence-electron chi connectivity index (χ1n) is 7.04. The van der Waals surface area contributed by atoms with E-state index < -0.39 is 11.9 Å². The van der Waals surface area contributed by atoms with Crippen molar-refractivity contribution in [3.05, 3.63) is 24.3 Å². The molecule has 2 atom stereocenters. The minimum atomic E-state index is -0.829. The number of amides is 2. The highest BCUT2D eigenvalue weighted by Crippen LogP contribution is 2.25. The van der Waals surface area contributed by atoms with Crippen molar-refractivity contribution in [2.45, 2.75) is 36.6 Å². The van der Waals surface area contributed by atoms with Crippen LogP contribution in [-0.4, -0.2) is 29.4 Å². The van der Waals surface area contributed by atoms with Crippen molar-refractivity contribution in [3.63, 3.8) is 0 Å². The largest absolute Gasteiger partial charge is 0.481 e. The average molecular weight is 308 g/mol. The summed E-state index contributed by atoms with van der Waals surface area (Å²) >= 11 is 1.63. The molecular weight excluding hydrogens is 288 g/mol. The van der Waals surface area contributed by atoms with Gasteiger partial charge in [0.2, 0.25) is 0 Å². The van der Waals surface area contributed by atoms with Gasteiger partial charge in [0.25, 0.3) is 0 Å². The predicted octanol–water partition coefficient (Wildman–Crippen LogP) is 3.17. The minimum Gasteiger partial charge on any atom is -0.481 e. The Labute approximate surface area is 128 Å². The van der Waals surface area contributed by atoms with Crippen molar-refractivity contribution in [1.29, 1.82) is 0 Å². The Morgan fingerprint density at radius 2 is 1.86 bits per heavy atom. The molecule has 1 saturated carbocycles. The summed E-state index contributed by atoms with van der Waals surface area (Å²) in [5.74, 6) is -1.31. The molecule has 1 aliphatic carbocycles. The Morgan fingerprint density at radius 3 is 2.48 bits per heavy atom. The van der Waals surface area contributed by atoms with Crippen molar-refractivity contribution < 1.29 is 14.7 Å². The minimum absolute atomic E-state index is 0.290. The zero-order chi connectivity index (χ0) is 15.2. The van der Waals surface area contributed by atoms with Gasteiger partial charge >= 0.3 is 12.0 Å². The van der Waals surface area contributed by atoms with Crippen LogP contribution < -0.4 is 10.6 Å². The number of benzene rings is 1. The second kappa shape index (κ2) is 7.36. The van der Waals surface area contributed by atoms with E-state index in [0.29, 0.717) is 12.1 Å². The Balaban J connectivity index is 1.92. The number of carbonyl (C=O) groups excluding carboxylic acids is 1. The quantitative estimate of drug-likeness (QED) is 0.747. The summed E-state index contributed by atoms with van der Waals surface area (Å²) in [6.07, 6.45) is 5.20. The molecule has 0 aliphatic heterocycles. The van der Waals surface area contributed by atoms with Crippen LogP contribution in [0.15, 0.2) is 29.2 Å². The van der Waals surface area contributed by atoms with Crippen LogP contribution in [0.1, 0.15) is 25.7 Å². The van der Waals surface area contributed by atoms with Crippen LogP contribution in [0.25, 0.3) is 0 Å². The normalized spacial score (nSPS) is 21.6. The van der Waals surface area contributed by atoms with E-state index in [1.165, 1.54) is 0 Å². The third kappa shape index (κ3) is 4.39. The molecule has 0 spiro atoms. The van der Waals surface area contributed by atoms with Gasteiger partial charge in [-0.3, -0.25) is 4.79 Å². The van der Waals surface area contributed by atoms with Crippen molar-refractivity contribution in [2.24, 2.45) is 5.92 Å². The van der Waals surface area contributed by atoms with E-state index in [9.17, 15) is 14.7 Å². The second-order valence-electron chi connectivity index (χ2n) is 5.16. The standard InChI is InChI=1S/C15H20N2O3S/c1-21-11-8-6-10(7-9-11)16-15(20)17-13-5-3-2-4-12(13)14(18)19/h6-9,12-13H,2-5H2,1H3,(H,18,19)(H2,16,17,20). The van der Waals surface area contributed by atoms with Crippen molar-refractivity contribution in [2.75, 3.05) is 11.6 Å². The van der Waals surface area contributed by atoms with Gasteiger partial charge in [0.1, 0.15) is 0 Å². The molecule has 2 rings (SSSR count). The van der Waals surface area contributed by atoms with Gasteiger partial charge < -0.3 is 15.7 Å². The van der Waals surface area contributed by atoms with E-state index in [1.807, 2.05) is 30.5 Å². The first kappa shape index (κ1) is 15.7. The zero-order valence-corrected chi connectivity index (χ0v) is 12.8.